The van der Waals surface area contributed by atoms with Crippen LogP contribution in [0.15, 0.2) is 36.5 Å². The Morgan fingerprint density at radius 2 is 1.95 bits per heavy atom. The Morgan fingerprint density at radius 1 is 1.15 bits per heavy atom. The SMILES string of the molecule is CCOC(C)c1ccc(-c2cnc3n[nH]nc3c2)cc1. The van der Waals surface area contributed by atoms with Gasteiger partial charge < -0.3 is 4.74 Å². The quantitative estimate of drug-likeness (QED) is 0.789. The minimum atomic E-state index is 0.116. The number of nitrogens with zero attached hydrogens (tertiary/aromatic N) is 3. The third-order valence-electron chi connectivity index (χ3n) is 3.30. The van der Waals surface area contributed by atoms with E-state index >= 15 is 0 Å². The van der Waals surface area contributed by atoms with Gasteiger partial charge >= 0.3 is 0 Å². The number of aromatic nitrogens is 4. The van der Waals surface area contributed by atoms with E-state index in [1.165, 1.54) is 5.56 Å². The second kappa shape index (κ2) is 5.38. The van der Waals surface area contributed by atoms with Crippen molar-refractivity contribution in [2.24, 2.45) is 0 Å². The van der Waals surface area contributed by atoms with Crippen molar-refractivity contribution in [1.29, 1.82) is 0 Å². The van der Waals surface area contributed by atoms with Gasteiger partial charge in [0.2, 0.25) is 5.65 Å². The van der Waals surface area contributed by atoms with E-state index in [-0.39, 0.29) is 6.10 Å². The molecule has 1 N–H and O–H groups in total. The van der Waals surface area contributed by atoms with E-state index < -0.39 is 0 Å². The van der Waals surface area contributed by atoms with Gasteiger partial charge in [-0.2, -0.15) is 10.3 Å². The van der Waals surface area contributed by atoms with Gasteiger partial charge in [0, 0.05) is 18.4 Å². The topological polar surface area (TPSA) is 63.7 Å². The number of aromatic amines is 1. The molecular formula is C15H16N4O. The van der Waals surface area contributed by atoms with Gasteiger partial charge in [0.05, 0.1) is 6.10 Å². The summed E-state index contributed by atoms with van der Waals surface area (Å²) in [6, 6.07) is 10.3. The number of H-pyrrole nitrogens is 1. The average molecular weight is 268 g/mol. The van der Waals surface area contributed by atoms with Crippen LogP contribution in [0.25, 0.3) is 22.3 Å². The van der Waals surface area contributed by atoms with Gasteiger partial charge in [-0.15, -0.1) is 5.10 Å². The number of ether oxygens (including phenoxy) is 1. The highest BCUT2D eigenvalue weighted by Crippen LogP contribution is 2.24. The smallest absolute Gasteiger partial charge is 0.201 e. The van der Waals surface area contributed by atoms with E-state index in [4.69, 9.17) is 4.74 Å². The van der Waals surface area contributed by atoms with Crippen LogP contribution in [0.2, 0.25) is 0 Å². The van der Waals surface area contributed by atoms with Gasteiger partial charge in [-0.05, 0) is 31.0 Å². The van der Waals surface area contributed by atoms with E-state index in [1.807, 2.05) is 19.2 Å². The monoisotopic (exact) mass is 268 g/mol. The van der Waals surface area contributed by atoms with E-state index in [0.717, 1.165) is 23.3 Å². The third-order valence-corrected chi connectivity index (χ3v) is 3.30. The van der Waals surface area contributed by atoms with Crippen LogP contribution in [-0.4, -0.2) is 27.0 Å². The number of pyridine rings is 1. The van der Waals surface area contributed by atoms with Gasteiger partial charge in [0.15, 0.2) is 0 Å². The molecule has 0 bridgehead atoms. The molecule has 102 valence electrons. The highest BCUT2D eigenvalue weighted by Gasteiger charge is 2.07. The van der Waals surface area contributed by atoms with Crippen molar-refractivity contribution in [3.8, 4) is 11.1 Å². The molecule has 2 aromatic heterocycles. The van der Waals surface area contributed by atoms with Crippen molar-refractivity contribution in [1.82, 2.24) is 20.4 Å². The maximum atomic E-state index is 5.59. The molecule has 20 heavy (non-hydrogen) atoms. The van der Waals surface area contributed by atoms with Crippen LogP contribution in [0.3, 0.4) is 0 Å². The van der Waals surface area contributed by atoms with Crippen LogP contribution in [-0.2, 0) is 4.74 Å². The molecule has 0 aliphatic rings. The Kier molecular flexibility index (Phi) is 3.43. The Bertz CT molecular complexity index is 705. The Labute approximate surface area is 117 Å². The fraction of sp³-hybridized carbons (Fsp3) is 0.267. The van der Waals surface area contributed by atoms with Crippen LogP contribution in [0.4, 0.5) is 0 Å². The van der Waals surface area contributed by atoms with Crippen molar-refractivity contribution in [2.45, 2.75) is 20.0 Å². The van der Waals surface area contributed by atoms with E-state index in [1.54, 1.807) is 0 Å². The second-order valence-corrected chi connectivity index (χ2v) is 4.61. The molecule has 3 rings (SSSR count). The normalized spacial score (nSPS) is 12.7. The standard InChI is InChI=1S/C15H16N4O/c1-3-20-10(2)11-4-6-12(7-5-11)13-8-14-15(16-9-13)18-19-17-14/h4-10H,3H2,1-2H3,(H,16,17,18,19). The Balaban J connectivity index is 1.90. The maximum Gasteiger partial charge on any atom is 0.201 e. The summed E-state index contributed by atoms with van der Waals surface area (Å²) in [7, 11) is 0. The second-order valence-electron chi connectivity index (χ2n) is 4.61. The van der Waals surface area contributed by atoms with Crippen LogP contribution in [0, 0.1) is 0 Å². The summed E-state index contributed by atoms with van der Waals surface area (Å²) in [5.74, 6) is 0. The summed E-state index contributed by atoms with van der Waals surface area (Å²) in [6.45, 7) is 4.78. The molecule has 1 unspecified atom stereocenters. The van der Waals surface area contributed by atoms with Crippen molar-refractivity contribution in [3.05, 3.63) is 42.1 Å². The fourth-order valence-corrected chi connectivity index (χ4v) is 2.19. The maximum absolute atomic E-state index is 5.59. The van der Waals surface area contributed by atoms with Crippen LogP contribution in [0.1, 0.15) is 25.5 Å². The van der Waals surface area contributed by atoms with Gasteiger partial charge in [-0.1, -0.05) is 24.3 Å². The summed E-state index contributed by atoms with van der Waals surface area (Å²) in [4.78, 5) is 4.27. The Morgan fingerprint density at radius 3 is 2.70 bits per heavy atom. The minimum absolute atomic E-state index is 0.116. The number of fused-ring (bicyclic) bond motifs is 1. The molecule has 0 radical (unpaired) electrons. The molecule has 0 amide bonds. The van der Waals surface area contributed by atoms with Crippen molar-refractivity contribution in [3.63, 3.8) is 0 Å². The van der Waals surface area contributed by atoms with Crippen molar-refractivity contribution < 1.29 is 4.74 Å². The molecular weight excluding hydrogens is 252 g/mol. The number of hydrogen-bond donors (Lipinski definition) is 1. The van der Waals surface area contributed by atoms with E-state index in [2.05, 4.69) is 51.6 Å². The van der Waals surface area contributed by atoms with E-state index in [0.29, 0.717) is 5.65 Å². The number of nitrogens with one attached hydrogen (secondary N) is 1. The van der Waals surface area contributed by atoms with Gasteiger partial charge in [0.25, 0.3) is 0 Å². The molecule has 1 aromatic carbocycles. The molecule has 0 fully saturated rings. The summed E-state index contributed by atoms with van der Waals surface area (Å²) in [6.07, 6.45) is 1.93. The zero-order valence-electron chi connectivity index (χ0n) is 11.5. The minimum Gasteiger partial charge on any atom is -0.374 e. The first-order chi connectivity index (χ1) is 9.78. The average Bonchev–Trinajstić information content (AvgIpc) is 2.95. The lowest BCUT2D eigenvalue weighted by atomic mass is 10.0. The van der Waals surface area contributed by atoms with Crippen LogP contribution >= 0.6 is 0 Å². The predicted octanol–water partition coefficient (Wildman–Crippen LogP) is 3.12. The van der Waals surface area contributed by atoms with Gasteiger partial charge in [0.1, 0.15) is 5.52 Å². The molecule has 1 atom stereocenters. The summed E-state index contributed by atoms with van der Waals surface area (Å²) < 4.78 is 5.59. The van der Waals surface area contributed by atoms with Crippen molar-refractivity contribution >= 4 is 11.2 Å². The van der Waals surface area contributed by atoms with Crippen molar-refractivity contribution in [2.75, 3.05) is 6.61 Å². The van der Waals surface area contributed by atoms with Crippen LogP contribution in [0.5, 0.6) is 0 Å². The van der Waals surface area contributed by atoms with Crippen LogP contribution < -0.4 is 0 Å². The molecule has 3 aromatic rings. The molecule has 2 heterocycles. The zero-order valence-corrected chi connectivity index (χ0v) is 11.5. The summed E-state index contributed by atoms with van der Waals surface area (Å²) in [5, 5.41) is 10.6. The summed E-state index contributed by atoms with van der Waals surface area (Å²) in [5.41, 5.74) is 4.72. The number of rotatable bonds is 4. The first kappa shape index (κ1) is 12.7. The molecule has 5 nitrogen and oxygen atoms in total. The lowest BCUT2D eigenvalue weighted by Crippen LogP contribution is -1.98. The molecule has 5 heteroatoms. The van der Waals surface area contributed by atoms with Gasteiger partial charge in [-0.3, -0.25) is 0 Å². The zero-order chi connectivity index (χ0) is 13.9. The molecule has 0 saturated heterocycles. The largest absolute Gasteiger partial charge is 0.374 e. The predicted molar refractivity (Wildman–Crippen MR) is 77.2 cm³/mol. The lowest BCUT2D eigenvalue weighted by Gasteiger charge is -2.12. The van der Waals surface area contributed by atoms with Gasteiger partial charge in [-0.25, -0.2) is 4.98 Å². The van der Waals surface area contributed by atoms with E-state index in [9.17, 15) is 0 Å². The Hall–Kier alpha value is -2.27. The first-order valence-electron chi connectivity index (χ1n) is 6.66. The first-order valence-corrected chi connectivity index (χ1v) is 6.66. The fourth-order valence-electron chi connectivity index (χ4n) is 2.19. The summed E-state index contributed by atoms with van der Waals surface area (Å²) >= 11 is 0. The molecule has 0 aliphatic carbocycles. The molecule has 0 saturated carbocycles. The highest BCUT2D eigenvalue weighted by atomic mass is 16.5. The number of benzene rings is 1. The molecule has 0 aliphatic heterocycles. The highest BCUT2D eigenvalue weighted by molar-refractivity contribution is 5.76. The third kappa shape index (κ3) is 2.40. The lowest BCUT2D eigenvalue weighted by molar-refractivity contribution is 0.0764. The number of hydrogen-bond acceptors (Lipinski definition) is 4. The molecule has 0 spiro atoms.